The molecular formula is C21H19Cl2F4N5O5S. The van der Waals surface area contributed by atoms with Crippen molar-refractivity contribution < 1.29 is 35.9 Å². The maximum atomic E-state index is 14.6. The summed E-state index contributed by atoms with van der Waals surface area (Å²) in [6.07, 6.45) is -2.15. The van der Waals surface area contributed by atoms with E-state index in [1.54, 1.807) is 6.07 Å². The number of fused-ring (bicyclic) bond motifs is 1. The monoisotopic (exact) mass is 599 g/mol. The van der Waals surface area contributed by atoms with Crippen molar-refractivity contribution in [2.24, 2.45) is 7.05 Å². The lowest BCUT2D eigenvalue weighted by Crippen LogP contribution is -2.33. The molecule has 1 aromatic heterocycles. The Morgan fingerprint density at radius 3 is 2.24 bits per heavy atom. The van der Waals surface area contributed by atoms with Crippen molar-refractivity contribution in [2.75, 3.05) is 23.1 Å². The molecule has 0 radical (unpaired) electrons. The van der Waals surface area contributed by atoms with Crippen molar-refractivity contribution in [3.05, 3.63) is 56.8 Å². The van der Waals surface area contributed by atoms with Gasteiger partial charge in [-0.1, -0.05) is 23.2 Å². The van der Waals surface area contributed by atoms with Crippen LogP contribution in [0.4, 0.5) is 34.6 Å². The third-order valence-electron chi connectivity index (χ3n) is 5.26. The number of carboxylic acid groups (broad SMARTS) is 1. The average molecular weight is 600 g/mol. The summed E-state index contributed by atoms with van der Waals surface area (Å²) in [6, 6.07) is 5.44. The Bertz CT molecular complexity index is 1540. The number of hydrogen-bond donors (Lipinski definition) is 3. The summed E-state index contributed by atoms with van der Waals surface area (Å²) in [4.78, 5) is 25.5. The third kappa shape index (κ3) is 6.46. The number of carboxylic acids is 1. The zero-order chi connectivity index (χ0) is 28.4. The number of rotatable bonds is 5. The van der Waals surface area contributed by atoms with E-state index < -0.39 is 28.2 Å². The van der Waals surface area contributed by atoms with Crippen LogP contribution in [0.5, 0.6) is 0 Å². The first-order valence-electron chi connectivity index (χ1n) is 10.6. The van der Waals surface area contributed by atoms with E-state index in [1.807, 2.05) is 0 Å². The van der Waals surface area contributed by atoms with Gasteiger partial charge in [0, 0.05) is 20.1 Å². The predicted molar refractivity (Wildman–Crippen MR) is 134 cm³/mol. The quantitative estimate of drug-likeness (QED) is 0.367. The molecule has 0 saturated carbocycles. The van der Waals surface area contributed by atoms with Crippen LogP contribution in [-0.4, -0.2) is 52.6 Å². The van der Waals surface area contributed by atoms with Crippen LogP contribution in [0, 0.1) is 5.82 Å². The van der Waals surface area contributed by atoms with Crippen molar-refractivity contribution >= 4 is 67.3 Å². The number of aryl methyl sites for hydroxylation is 1. The van der Waals surface area contributed by atoms with E-state index in [-0.39, 0.29) is 38.1 Å². The number of aromatic nitrogens is 2. The Balaban J connectivity index is 0.000000505. The molecule has 0 bridgehead atoms. The summed E-state index contributed by atoms with van der Waals surface area (Å²) in [5.74, 6) is -3.48. The Kier molecular flexibility index (Phi) is 8.75. The summed E-state index contributed by atoms with van der Waals surface area (Å²) < 4.78 is 76.4. The first kappa shape index (κ1) is 29.4. The van der Waals surface area contributed by atoms with E-state index in [4.69, 9.17) is 33.1 Å². The van der Waals surface area contributed by atoms with Crippen LogP contribution in [0.3, 0.4) is 0 Å². The number of aliphatic carboxylic acids is 1. The minimum atomic E-state index is -5.08. The highest BCUT2D eigenvalue weighted by molar-refractivity contribution is 7.90. The number of alkyl halides is 3. The maximum Gasteiger partial charge on any atom is 0.490 e. The molecule has 0 spiro atoms. The summed E-state index contributed by atoms with van der Waals surface area (Å²) in [6.45, 7) is 0.823. The van der Waals surface area contributed by atoms with E-state index >= 15 is 0 Å². The van der Waals surface area contributed by atoms with E-state index in [0.717, 1.165) is 18.9 Å². The predicted octanol–water partition coefficient (Wildman–Crippen LogP) is 4.51. The molecular weight excluding hydrogens is 581 g/mol. The van der Waals surface area contributed by atoms with Crippen LogP contribution < -0.4 is 15.6 Å². The fourth-order valence-electron chi connectivity index (χ4n) is 3.36. The fraction of sp³-hybridized carbons (Fsp3) is 0.286. The van der Waals surface area contributed by atoms with Crippen LogP contribution >= 0.6 is 23.2 Å². The first-order valence-corrected chi connectivity index (χ1v) is 12.8. The SMILES string of the molecule is Cn1cnc2ccc(Nc3c(F)ccc(NS(=O)(=O)N4CCCC4)c3Cl)c(Cl)c2c1=O.O=C(O)C(F)(F)F. The number of carbonyl (C=O) groups is 1. The molecule has 2 heterocycles. The largest absolute Gasteiger partial charge is 0.490 e. The molecule has 0 aliphatic carbocycles. The van der Waals surface area contributed by atoms with Crippen molar-refractivity contribution in [1.29, 1.82) is 0 Å². The van der Waals surface area contributed by atoms with Gasteiger partial charge in [-0.15, -0.1) is 0 Å². The van der Waals surface area contributed by atoms with E-state index in [2.05, 4.69) is 15.0 Å². The molecule has 206 valence electrons. The molecule has 3 aromatic rings. The molecule has 0 amide bonds. The Morgan fingerprint density at radius 2 is 1.66 bits per heavy atom. The van der Waals surface area contributed by atoms with Gasteiger partial charge in [0.15, 0.2) is 0 Å². The average Bonchev–Trinajstić information content (AvgIpc) is 3.38. The van der Waals surface area contributed by atoms with E-state index in [9.17, 15) is 30.8 Å². The van der Waals surface area contributed by atoms with Gasteiger partial charge in [-0.05, 0) is 37.1 Å². The molecule has 3 N–H and O–H groups in total. The second-order valence-corrected chi connectivity index (χ2v) is 10.3. The number of nitrogens with one attached hydrogen (secondary N) is 2. The van der Waals surface area contributed by atoms with Crippen molar-refractivity contribution in [2.45, 2.75) is 19.0 Å². The van der Waals surface area contributed by atoms with Gasteiger partial charge in [0.05, 0.1) is 44.3 Å². The van der Waals surface area contributed by atoms with E-state index in [0.29, 0.717) is 18.6 Å². The highest BCUT2D eigenvalue weighted by Crippen LogP contribution is 2.38. The molecule has 0 atom stereocenters. The topological polar surface area (TPSA) is 134 Å². The summed E-state index contributed by atoms with van der Waals surface area (Å²) >= 11 is 12.7. The Hall–Kier alpha value is -3.14. The van der Waals surface area contributed by atoms with Crippen LogP contribution in [0.15, 0.2) is 35.4 Å². The van der Waals surface area contributed by atoms with Crippen molar-refractivity contribution in [3.63, 3.8) is 0 Å². The summed E-state index contributed by atoms with van der Waals surface area (Å²) in [5, 5.41) is 9.95. The van der Waals surface area contributed by atoms with Crippen molar-refractivity contribution in [1.82, 2.24) is 13.9 Å². The Morgan fingerprint density at radius 1 is 1.08 bits per heavy atom. The Labute approximate surface area is 223 Å². The lowest BCUT2D eigenvalue weighted by atomic mass is 10.2. The summed E-state index contributed by atoms with van der Waals surface area (Å²) in [5.41, 5.74) is 0.0894. The molecule has 10 nitrogen and oxygen atoms in total. The fourth-order valence-corrected chi connectivity index (χ4v) is 5.27. The van der Waals surface area contributed by atoms with Gasteiger partial charge < -0.3 is 15.0 Å². The van der Waals surface area contributed by atoms with E-state index in [1.165, 1.54) is 34.4 Å². The molecule has 1 fully saturated rings. The number of hydrogen-bond acceptors (Lipinski definition) is 6. The molecule has 38 heavy (non-hydrogen) atoms. The molecule has 4 rings (SSSR count). The second-order valence-electron chi connectivity index (χ2n) is 7.91. The van der Waals surface area contributed by atoms with Crippen LogP contribution in [-0.2, 0) is 22.1 Å². The lowest BCUT2D eigenvalue weighted by Gasteiger charge is -2.19. The normalized spacial score (nSPS) is 14.2. The van der Waals surface area contributed by atoms with Gasteiger partial charge in [0.25, 0.3) is 5.56 Å². The minimum Gasteiger partial charge on any atom is -0.475 e. The zero-order valence-electron chi connectivity index (χ0n) is 19.3. The van der Waals surface area contributed by atoms with Crippen LogP contribution in [0.2, 0.25) is 10.0 Å². The molecule has 0 unspecified atom stereocenters. The number of benzene rings is 2. The van der Waals surface area contributed by atoms with Gasteiger partial charge in [-0.25, -0.2) is 14.2 Å². The highest BCUT2D eigenvalue weighted by Gasteiger charge is 2.38. The molecule has 1 aliphatic rings. The smallest absolute Gasteiger partial charge is 0.475 e. The second kappa shape index (κ2) is 11.3. The third-order valence-corrected chi connectivity index (χ3v) is 7.57. The molecule has 17 heteroatoms. The van der Waals surface area contributed by atoms with Gasteiger partial charge in [0.1, 0.15) is 5.82 Å². The van der Waals surface area contributed by atoms with Gasteiger partial charge in [0.2, 0.25) is 0 Å². The lowest BCUT2D eigenvalue weighted by molar-refractivity contribution is -0.192. The molecule has 2 aromatic carbocycles. The summed E-state index contributed by atoms with van der Waals surface area (Å²) in [7, 11) is -2.28. The number of anilines is 3. The zero-order valence-corrected chi connectivity index (χ0v) is 21.6. The van der Waals surface area contributed by atoms with Crippen molar-refractivity contribution in [3.8, 4) is 0 Å². The highest BCUT2D eigenvalue weighted by atomic mass is 35.5. The van der Waals surface area contributed by atoms with Crippen LogP contribution in [0.25, 0.3) is 10.9 Å². The van der Waals surface area contributed by atoms with Gasteiger partial charge in [-0.2, -0.15) is 25.9 Å². The minimum absolute atomic E-state index is 0.0203. The van der Waals surface area contributed by atoms with Crippen LogP contribution in [0.1, 0.15) is 12.8 Å². The number of halogens is 6. The molecule has 1 saturated heterocycles. The van der Waals surface area contributed by atoms with Gasteiger partial charge in [-0.3, -0.25) is 9.52 Å². The standard InChI is InChI=1S/C19H18Cl2FN5O3S.C2HF3O2/c1-26-10-23-12-6-7-13(16(20)15(12)19(26)28)24-18-11(22)4-5-14(17(18)21)25-31(29,30)27-8-2-3-9-27;3-2(4,5)1(6)7/h4-7,10,24-25H,2-3,8-9H2,1H3;(H,6,7). The maximum absolute atomic E-state index is 14.6. The number of nitrogens with zero attached hydrogens (tertiary/aromatic N) is 3. The first-order chi connectivity index (χ1) is 17.6. The molecule has 1 aliphatic heterocycles. The van der Waals surface area contributed by atoms with Gasteiger partial charge >= 0.3 is 22.4 Å².